The molecule has 0 aliphatic carbocycles. The lowest BCUT2D eigenvalue weighted by Gasteiger charge is -2.30. The number of nitrogens with one attached hydrogen (secondary N) is 1. The third kappa shape index (κ3) is 4.04. The minimum atomic E-state index is -0.441. The van der Waals surface area contributed by atoms with Crippen LogP contribution in [0.3, 0.4) is 0 Å². The van der Waals surface area contributed by atoms with Crippen molar-refractivity contribution in [3.63, 3.8) is 0 Å². The van der Waals surface area contributed by atoms with E-state index in [0.717, 1.165) is 5.56 Å². The summed E-state index contributed by atoms with van der Waals surface area (Å²) in [7, 11) is 1.32. The molecular weight excluding hydrogens is 404 g/mol. The molecule has 30 heavy (non-hydrogen) atoms. The second kappa shape index (κ2) is 8.38. The molecule has 0 fully saturated rings. The molecule has 0 atom stereocenters. The number of amides is 2. The van der Waals surface area contributed by atoms with Crippen LogP contribution < -0.4 is 15.0 Å². The molecule has 8 heteroatoms. The Balaban J connectivity index is 1.60. The van der Waals surface area contributed by atoms with Crippen molar-refractivity contribution >= 4 is 40.5 Å². The molecule has 1 aromatic heterocycles. The van der Waals surface area contributed by atoms with Gasteiger partial charge in [0, 0.05) is 5.69 Å². The summed E-state index contributed by atoms with van der Waals surface area (Å²) in [6, 6.07) is 15.6. The van der Waals surface area contributed by atoms with Crippen LogP contribution in [0.25, 0.3) is 0 Å². The number of fused-ring (bicyclic) bond motifs is 1. The standard InChI is InChI=1S/C22H18N2O5S/c1-28-22(27)15-5-2-4-14(10-15)12-24-17-11-16(7-8-18(17)29-13-20(24)25)23-21(26)19-6-3-9-30-19/h2-11H,12-13H2,1H3,(H,23,26). The number of esters is 1. The highest BCUT2D eigenvalue weighted by atomic mass is 32.1. The average Bonchev–Trinajstić information content (AvgIpc) is 3.31. The van der Waals surface area contributed by atoms with Crippen LogP contribution in [0.15, 0.2) is 60.0 Å². The van der Waals surface area contributed by atoms with Gasteiger partial charge >= 0.3 is 5.97 Å². The third-order valence-corrected chi connectivity index (χ3v) is 5.46. The van der Waals surface area contributed by atoms with Gasteiger partial charge in [-0.15, -0.1) is 11.3 Å². The zero-order chi connectivity index (χ0) is 21.1. The third-order valence-electron chi connectivity index (χ3n) is 4.59. The van der Waals surface area contributed by atoms with Crippen LogP contribution in [0.1, 0.15) is 25.6 Å². The van der Waals surface area contributed by atoms with Gasteiger partial charge < -0.3 is 19.7 Å². The smallest absolute Gasteiger partial charge is 0.337 e. The van der Waals surface area contributed by atoms with E-state index in [4.69, 9.17) is 9.47 Å². The van der Waals surface area contributed by atoms with Crippen LogP contribution in [0, 0.1) is 0 Å². The highest BCUT2D eigenvalue weighted by Crippen LogP contribution is 2.35. The SMILES string of the molecule is COC(=O)c1cccc(CN2C(=O)COc3ccc(NC(=O)c4cccs4)cc32)c1. The van der Waals surface area contributed by atoms with Crippen molar-refractivity contribution in [2.24, 2.45) is 0 Å². The summed E-state index contributed by atoms with van der Waals surface area (Å²) in [5, 5.41) is 4.67. The van der Waals surface area contributed by atoms with Gasteiger partial charge in [0.15, 0.2) is 6.61 Å². The molecule has 1 aliphatic heterocycles. The van der Waals surface area contributed by atoms with Gasteiger partial charge in [0.05, 0.1) is 29.8 Å². The summed E-state index contributed by atoms with van der Waals surface area (Å²) >= 11 is 1.35. The predicted octanol–water partition coefficient (Wildman–Crippen LogP) is 3.71. The Morgan fingerprint density at radius 1 is 1.17 bits per heavy atom. The monoisotopic (exact) mass is 422 g/mol. The number of methoxy groups -OCH3 is 1. The zero-order valence-corrected chi connectivity index (χ0v) is 16.9. The number of rotatable bonds is 5. The normalized spacial score (nSPS) is 12.7. The van der Waals surface area contributed by atoms with E-state index in [0.29, 0.717) is 27.6 Å². The summed E-state index contributed by atoms with van der Waals surface area (Å²) in [6.07, 6.45) is 0. The van der Waals surface area contributed by atoms with Gasteiger partial charge in [-0.25, -0.2) is 4.79 Å². The lowest BCUT2D eigenvalue weighted by atomic mass is 10.1. The molecule has 4 rings (SSSR count). The number of carbonyl (C=O) groups is 3. The number of nitrogens with zero attached hydrogens (tertiary/aromatic N) is 1. The number of benzene rings is 2. The Morgan fingerprint density at radius 2 is 2.03 bits per heavy atom. The first-order valence-electron chi connectivity index (χ1n) is 9.14. The first-order valence-corrected chi connectivity index (χ1v) is 10.0. The second-order valence-electron chi connectivity index (χ2n) is 6.57. The Morgan fingerprint density at radius 3 is 2.80 bits per heavy atom. The number of hydrogen-bond donors (Lipinski definition) is 1. The second-order valence-corrected chi connectivity index (χ2v) is 7.52. The molecule has 0 saturated carbocycles. The van der Waals surface area contributed by atoms with Crippen molar-refractivity contribution in [2.75, 3.05) is 23.9 Å². The molecule has 0 saturated heterocycles. The highest BCUT2D eigenvalue weighted by Gasteiger charge is 2.26. The Bertz CT molecular complexity index is 1110. The van der Waals surface area contributed by atoms with Crippen LogP contribution in [0.5, 0.6) is 5.75 Å². The van der Waals surface area contributed by atoms with Gasteiger partial charge in [-0.3, -0.25) is 9.59 Å². The fraction of sp³-hybridized carbons (Fsp3) is 0.136. The van der Waals surface area contributed by atoms with Crippen molar-refractivity contribution in [3.05, 3.63) is 76.0 Å². The predicted molar refractivity (Wildman–Crippen MR) is 113 cm³/mol. The molecule has 0 spiro atoms. The van der Waals surface area contributed by atoms with E-state index in [9.17, 15) is 14.4 Å². The maximum Gasteiger partial charge on any atom is 0.337 e. The van der Waals surface area contributed by atoms with Gasteiger partial charge in [0.1, 0.15) is 5.75 Å². The molecule has 1 N–H and O–H groups in total. The topological polar surface area (TPSA) is 84.9 Å². The van der Waals surface area contributed by atoms with Crippen LogP contribution in [-0.2, 0) is 16.1 Å². The number of carbonyl (C=O) groups excluding carboxylic acids is 3. The Labute approximate surface area is 176 Å². The number of hydrogen-bond acceptors (Lipinski definition) is 6. The van der Waals surface area contributed by atoms with Gasteiger partial charge in [-0.1, -0.05) is 18.2 Å². The minimum Gasteiger partial charge on any atom is -0.482 e. The molecule has 7 nitrogen and oxygen atoms in total. The van der Waals surface area contributed by atoms with Crippen molar-refractivity contribution in [1.29, 1.82) is 0 Å². The Kier molecular flexibility index (Phi) is 5.49. The zero-order valence-electron chi connectivity index (χ0n) is 16.1. The summed E-state index contributed by atoms with van der Waals surface area (Å²) in [6.45, 7) is 0.174. The molecule has 152 valence electrons. The summed E-state index contributed by atoms with van der Waals surface area (Å²) in [5.74, 6) is -0.324. The van der Waals surface area contributed by atoms with Crippen LogP contribution >= 0.6 is 11.3 Å². The van der Waals surface area contributed by atoms with E-state index in [1.54, 1.807) is 47.4 Å². The quantitative estimate of drug-likeness (QED) is 0.634. The van der Waals surface area contributed by atoms with Crippen molar-refractivity contribution < 1.29 is 23.9 Å². The molecular formula is C22H18N2O5S. The molecule has 2 heterocycles. The first-order chi connectivity index (χ1) is 14.5. The van der Waals surface area contributed by atoms with Gasteiger partial charge in [0.25, 0.3) is 11.8 Å². The summed E-state index contributed by atoms with van der Waals surface area (Å²) in [5.41, 5.74) is 2.29. The van der Waals surface area contributed by atoms with Crippen LogP contribution in [-0.4, -0.2) is 31.5 Å². The lowest BCUT2D eigenvalue weighted by Crippen LogP contribution is -2.38. The average molecular weight is 422 g/mol. The maximum atomic E-state index is 12.6. The fourth-order valence-electron chi connectivity index (χ4n) is 3.15. The maximum absolute atomic E-state index is 12.6. The van der Waals surface area contributed by atoms with Crippen molar-refractivity contribution in [3.8, 4) is 5.75 Å². The number of thiophene rings is 1. The van der Waals surface area contributed by atoms with Gasteiger partial charge in [-0.05, 0) is 47.3 Å². The molecule has 0 unspecified atom stereocenters. The molecule has 3 aromatic rings. The van der Waals surface area contributed by atoms with Crippen LogP contribution in [0.2, 0.25) is 0 Å². The van der Waals surface area contributed by atoms with E-state index < -0.39 is 5.97 Å². The minimum absolute atomic E-state index is 0.0788. The molecule has 2 aromatic carbocycles. The Hall–Kier alpha value is -3.65. The fourth-order valence-corrected chi connectivity index (χ4v) is 3.77. The molecule has 2 amide bonds. The van der Waals surface area contributed by atoms with Crippen molar-refractivity contribution in [1.82, 2.24) is 0 Å². The largest absolute Gasteiger partial charge is 0.482 e. The van der Waals surface area contributed by atoms with Gasteiger partial charge in [0.2, 0.25) is 0 Å². The highest BCUT2D eigenvalue weighted by molar-refractivity contribution is 7.12. The van der Waals surface area contributed by atoms with E-state index in [1.165, 1.54) is 18.4 Å². The van der Waals surface area contributed by atoms with E-state index in [1.807, 2.05) is 17.5 Å². The van der Waals surface area contributed by atoms with Crippen LogP contribution in [0.4, 0.5) is 11.4 Å². The molecule has 0 bridgehead atoms. The van der Waals surface area contributed by atoms with E-state index in [2.05, 4.69) is 5.32 Å². The molecule has 1 aliphatic rings. The number of ether oxygens (including phenoxy) is 2. The van der Waals surface area contributed by atoms with Crippen molar-refractivity contribution in [2.45, 2.75) is 6.54 Å². The van der Waals surface area contributed by atoms with E-state index >= 15 is 0 Å². The molecule has 0 radical (unpaired) electrons. The number of anilines is 2. The lowest BCUT2D eigenvalue weighted by molar-refractivity contribution is -0.121. The van der Waals surface area contributed by atoms with E-state index in [-0.39, 0.29) is 25.0 Å². The summed E-state index contributed by atoms with van der Waals surface area (Å²) < 4.78 is 10.3. The first kappa shape index (κ1) is 19.7. The van der Waals surface area contributed by atoms with Gasteiger partial charge in [-0.2, -0.15) is 0 Å². The summed E-state index contributed by atoms with van der Waals surface area (Å²) in [4.78, 5) is 38.9.